The van der Waals surface area contributed by atoms with E-state index in [1.165, 1.54) is 6.07 Å². The van der Waals surface area contributed by atoms with Crippen LogP contribution in [0.15, 0.2) is 30.6 Å². The molecular weight excluding hydrogens is 384 g/mol. The van der Waals surface area contributed by atoms with Gasteiger partial charge in [0.1, 0.15) is 12.1 Å². The molecule has 0 aliphatic heterocycles. The van der Waals surface area contributed by atoms with Crippen molar-refractivity contribution in [3.05, 3.63) is 47.0 Å². The fourth-order valence-electron chi connectivity index (χ4n) is 2.91. The van der Waals surface area contributed by atoms with Crippen LogP contribution in [0.5, 0.6) is 5.75 Å². The zero-order valence-corrected chi connectivity index (χ0v) is 15.7. The number of carboxylic acids is 1. The van der Waals surface area contributed by atoms with E-state index in [-0.39, 0.29) is 16.5 Å². The second-order valence-corrected chi connectivity index (χ2v) is 6.75. The van der Waals surface area contributed by atoms with E-state index in [1.807, 2.05) is 22.9 Å². The minimum absolute atomic E-state index is 0.100. The van der Waals surface area contributed by atoms with Gasteiger partial charge in [0.15, 0.2) is 16.7 Å². The van der Waals surface area contributed by atoms with Crippen LogP contribution in [-0.4, -0.2) is 43.1 Å². The molecule has 1 fully saturated rings. The highest BCUT2D eigenvalue weighted by atomic mass is 35.5. The summed E-state index contributed by atoms with van der Waals surface area (Å²) in [6, 6.07) is 7.51. The van der Waals surface area contributed by atoms with Crippen molar-refractivity contribution in [2.75, 3.05) is 12.4 Å². The number of ether oxygens (including phenoxy) is 1. The van der Waals surface area contributed by atoms with Gasteiger partial charge in [-0.25, -0.2) is 14.5 Å². The number of benzene rings is 1. The van der Waals surface area contributed by atoms with E-state index in [0.717, 1.165) is 24.0 Å². The number of aromatic nitrogens is 5. The first kappa shape index (κ1) is 18.2. The van der Waals surface area contributed by atoms with Crippen LogP contribution >= 0.6 is 11.6 Å². The molecule has 10 heteroatoms. The van der Waals surface area contributed by atoms with Gasteiger partial charge in [0.2, 0.25) is 0 Å². The first-order chi connectivity index (χ1) is 13.6. The number of nitrogens with one attached hydrogen (secondary N) is 1. The van der Waals surface area contributed by atoms with Gasteiger partial charge in [-0.05, 0) is 18.9 Å². The molecule has 0 spiro atoms. The first-order valence-electron chi connectivity index (χ1n) is 8.64. The predicted molar refractivity (Wildman–Crippen MR) is 102 cm³/mol. The lowest BCUT2D eigenvalue weighted by atomic mass is 10.1. The molecule has 4 rings (SSSR count). The van der Waals surface area contributed by atoms with Gasteiger partial charge in [-0.15, -0.1) is 10.2 Å². The Morgan fingerprint density at radius 2 is 2.21 bits per heavy atom. The number of carboxylic acid groups (broad SMARTS) is 1. The fourth-order valence-corrected chi connectivity index (χ4v) is 3.05. The van der Waals surface area contributed by atoms with Crippen molar-refractivity contribution in [1.29, 1.82) is 0 Å². The number of anilines is 1. The van der Waals surface area contributed by atoms with Gasteiger partial charge in [-0.1, -0.05) is 23.7 Å². The van der Waals surface area contributed by atoms with Gasteiger partial charge in [0.25, 0.3) is 0 Å². The molecule has 0 atom stereocenters. The maximum atomic E-state index is 11.3. The van der Waals surface area contributed by atoms with Crippen LogP contribution in [0.4, 0.5) is 5.69 Å². The Morgan fingerprint density at radius 1 is 1.39 bits per heavy atom. The van der Waals surface area contributed by atoms with E-state index in [9.17, 15) is 9.90 Å². The lowest BCUT2D eigenvalue weighted by Gasteiger charge is -2.14. The second-order valence-electron chi connectivity index (χ2n) is 6.37. The zero-order chi connectivity index (χ0) is 19.7. The molecule has 1 aliphatic rings. The number of hydrogen-bond donors (Lipinski definition) is 2. The van der Waals surface area contributed by atoms with E-state index in [1.54, 1.807) is 13.4 Å². The van der Waals surface area contributed by atoms with E-state index < -0.39 is 5.97 Å². The first-order valence-corrected chi connectivity index (χ1v) is 9.02. The van der Waals surface area contributed by atoms with Crippen molar-refractivity contribution in [3.8, 4) is 17.1 Å². The van der Waals surface area contributed by atoms with Gasteiger partial charge in [0, 0.05) is 18.2 Å². The molecule has 0 unspecified atom stereocenters. The smallest absolute Gasteiger partial charge is 0.358 e. The highest BCUT2D eigenvalue weighted by molar-refractivity contribution is 6.29. The molecule has 2 N–H and O–H groups in total. The normalized spacial score (nSPS) is 13.4. The minimum atomic E-state index is -1.19. The van der Waals surface area contributed by atoms with Crippen molar-refractivity contribution in [1.82, 2.24) is 25.0 Å². The third-order valence-electron chi connectivity index (χ3n) is 4.41. The Balaban J connectivity index is 1.62. The van der Waals surface area contributed by atoms with E-state index in [2.05, 4.69) is 25.6 Å². The molecule has 1 saturated carbocycles. The summed E-state index contributed by atoms with van der Waals surface area (Å²) in [4.78, 5) is 15.7. The summed E-state index contributed by atoms with van der Waals surface area (Å²) >= 11 is 5.85. The van der Waals surface area contributed by atoms with Crippen molar-refractivity contribution in [2.45, 2.75) is 25.4 Å². The van der Waals surface area contributed by atoms with Crippen LogP contribution in [-0.2, 0) is 6.54 Å². The van der Waals surface area contributed by atoms with Crippen molar-refractivity contribution >= 4 is 23.3 Å². The molecule has 28 heavy (non-hydrogen) atoms. The van der Waals surface area contributed by atoms with E-state index in [0.29, 0.717) is 24.2 Å². The summed E-state index contributed by atoms with van der Waals surface area (Å²) in [5.74, 6) is 0.0150. The lowest BCUT2D eigenvalue weighted by molar-refractivity contribution is 0.0690. The number of para-hydroxylation sites is 1. The van der Waals surface area contributed by atoms with Crippen LogP contribution in [0.1, 0.15) is 34.9 Å². The van der Waals surface area contributed by atoms with Crippen molar-refractivity contribution in [3.63, 3.8) is 0 Å². The average Bonchev–Trinajstić information content (AvgIpc) is 3.42. The van der Waals surface area contributed by atoms with Crippen LogP contribution in [0.25, 0.3) is 11.4 Å². The highest BCUT2D eigenvalue weighted by Crippen LogP contribution is 2.36. The van der Waals surface area contributed by atoms with Crippen LogP contribution in [0.2, 0.25) is 5.15 Å². The summed E-state index contributed by atoms with van der Waals surface area (Å²) < 4.78 is 7.48. The van der Waals surface area contributed by atoms with Gasteiger partial charge >= 0.3 is 5.97 Å². The third-order valence-corrected chi connectivity index (χ3v) is 4.59. The molecule has 1 aliphatic carbocycles. The Bertz CT molecular complexity index is 1030. The van der Waals surface area contributed by atoms with Gasteiger partial charge < -0.3 is 15.2 Å². The Hall–Kier alpha value is -3.20. The summed E-state index contributed by atoms with van der Waals surface area (Å²) in [6.45, 7) is 0.294. The second kappa shape index (κ2) is 7.43. The number of methoxy groups -OCH3 is 1. The van der Waals surface area contributed by atoms with E-state index in [4.69, 9.17) is 16.3 Å². The van der Waals surface area contributed by atoms with Gasteiger partial charge in [-0.3, -0.25) is 0 Å². The molecule has 9 nitrogen and oxygen atoms in total. The quantitative estimate of drug-likeness (QED) is 0.621. The summed E-state index contributed by atoms with van der Waals surface area (Å²) in [5, 5.41) is 24.2. The highest BCUT2D eigenvalue weighted by Gasteiger charge is 2.25. The number of hydrogen-bond acceptors (Lipinski definition) is 7. The van der Waals surface area contributed by atoms with Crippen LogP contribution in [0.3, 0.4) is 0 Å². The topological polar surface area (TPSA) is 115 Å². The van der Waals surface area contributed by atoms with Crippen LogP contribution in [0, 0.1) is 0 Å². The predicted octanol–water partition coefficient (Wildman–Crippen LogP) is 3.04. The Morgan fingerprint density at radius 3 is 2.93 bits per heavy atom. The number of halogens is 1. The molecule has 2 heterocycles. The molecular formula is C18H17ClN6O3. The number of nitrogens with zero attached hydrogens (tertiary/aromatic N) is 5. The Labute approximate surface area is 165 Å². The monoisotopic (exact) mass is 400 g/mol. The van der Waals surface area contributed by atoms with Crippen LogP contribution < -0.4 is 10.1 Å². The lowest BCUT2D eigenvalue weighted by Crippen LogP contribution is -2.10. The third kappa shape index (κ3) is 3.61. The van der Waals surface area contributed by atoms with Crippen molar-refractivity contribution in [2.24, 2.45) is 0 Å². The average molecular weight is 401 g/mol. The molecule has 0 amide bonds. The number of rotatable bonds is 7. The summed E-state index contributed by atoms with van der Waals surface area (Å²) in [5.41, 5.74) is 1.65. The van der Waals surface area contributed by atoms with Gasteiger partial charge in [-0.2, -0.15) is 5.10 Å². The van der Waals surface area contributed by atoms with Crippen molar-refractivity contribution < 1.29 is 14.6 Å². The maximum Gasteiger partial charge on any atom is 0.358 e. The Kier molecular flexibility index (Phi) is 4.82. The van der Waals surface area contributed by atoms with Gasteiger partial charge in [0.05, 0.1) is 24.4 Å². The van der Waals surface area contributed by atoms with E-state index >= 15 is 0 Å². The fraction of sp³-hybridized carbons (Fsp3) is 0.278. The molecule has 1 aromatic carbocycles. The zero-order valence-electron chi connectivity index (χ0n) is 15.0. The maximum absolute atomic E-state index is 11.3. The SMILES string of the molecule is COc1c(CNc2cc(Cl)nnc2C(=O)O)cccc1-c1ncn(C2CC2)n1. The minimum Gasteiger partial charge on any atom is -0.496 e. The molecule has 0 bridgehead atoms. The standard InChI is InChI=1S/C18H17ClN6O3/c1-28-16-10(8-20-13-7-14(19)22-23-15(13)18(26)27)3-2-4-12(16)17-21-9-25(24-17)11-5-6-11/h2-4,7,9,11H,5-6,8H2,1H3,(H,20,22)(H,26,27). The largest absolute Gasteiger partial charge is 0.496 e. The molecule has 2 aromatic heterocycles. The molecule has 3 aromatic rings. The number of aromatic carboxylic acids is 1. The molecule has 0 radical (unpaired) electrons. The summed E-state index contributed by atoms with van der Waals surface area (Å²) in [6.07, 6.45) is 3.98. The molecule has 144 valence electrons. The summed E-state index contributed by atoms with van der Waals surface area (Å²) in [7, 11) is 1.58. The molecule has 0 saturated heterocycles. The number of carbonyl (C=O) groups is 1.